The van der Waals surface area contributed by atoms with Crippen molar-refractivity contribution in [2.45, 2.75) is 40.5 Å². The van der Waals surface area contributed by atoms with Crippen molar-refractivity contribution < 1.29 is 0 Å². The van der Waals surface area contributed by atoms with Crippen LogP contribution in [-0.4, -0.2) is 0 Å². The summed E-state index contributed by atoms with van der Waals surface area (Å²) in [6.07, 6.45) is 2.18. The van der Waals surface area contributed by atoms with E-state index in [0.29, 0.717) is 11.3 Å². The molecule has 0 heterocycles. The zero-order valence-corrected chi connectivity index (χ0v) is 9.83. The monoisotopic (exact) mass is 198 g/mol. The Bertz CT molecular complexity index is 253. The van der Waals surface area contributed by atoms with Crippen LogP contribution in [0.2, 0.25) is 0 Å². The lowest BCUT2D eigenvalue weighted by Crippen LogP contribution is -2.24. The van der Waals surface area contributed by atoms with Gasteiger partial charge in [-0.05, 0) is 36.7 Å². The molecule has 13 heavy (non-hydrogen) atoms. The van der Waals surface area contributed by atoms with Gasteiger partial charge in [-0.1, -0.05) is 44.5 Å². The maximum absolute atomic E-state index is 6.11. The Kier molecular flexibility index (Phi) is 2.91. The molecule has 1 aliphatic carbocycles. The average molecular weight is 199 g/mol. The first-order valence-electron chi connectivity index (χ1n) is 4.85. The van der Waals surface area contributed by atoms with Crippen molar-refractivity contribution >= 4 is 11.6 Å². The predicted molar refractivity (Wildman–Crippen MR) is 59.9 cm³/mol. The molecule has 0 nitrogen and oxygen atoms in total. The summed E-state index contributed by atoms with van der Waals surface area (Å²) in [5.41, 5.74) is 2.78. The first kappa shape index (κ1) is 10.8. The summed E-state index contributed by atoms with van der Waals surface area (Å²) in [6, 6.07) is 0. The summed E-state index contributed by atoms with van der Waals surface area (Å²) in [4.78, 5) is 0. The van der Waals surface area contributed by atoms with Crippen LogP contribution in [0.5, 0.6) is 0 Å². The highest BCUT2D eigenvalue weighted by Gasteiger charge is 2.29. The van der Waals surface area contributed by atoms with Gasteiger partial charge >= 0.3 is 0 Å². The predicted octanol–water partition coefficient (Wildman–Crippen LogP) is 4.51. The third-order valence-corrected chi connectivity index (χ3v) is 3.55. The summed E-state index contributed by atoms with van der Waals surface area (Å²) in [7, 11) is 0. The van der Waals surface area contributed by atoms with Gasteiger partial charge < -0.3 is 0 Å². The van der Waals surface area contributed by atoms with Gasteiger partial charge in [0.25, 0.3) is 0 Å². The summed E-state index contributed by atoms with van der Waals surface area (Å²) in [5.74, 6) is 0.697. The lowest BCUT2D eigenvalue weighted by Gasteiger charge is -2.35. The third kappa shape index (κ3) is 2.37. The van der Waals surface area contributed by atoms with Gasteiger partial charge in [-0.25, -0.2) is 0 Å². The largest absolute Gasteiger partial charge is 0.0943 e. The van der Waals surface area contributed by atoms with Crippen LogP contribution in [0.15, 0.2) is 22.8 Å². The van der Waals surface area contributed by atoms with Gasteiger partial charge in [0, 0.05) is 5.03 Å². The van der Waals surface area contributed by atoms with Crippen LogP contribution >= 0.6 is 11.6 Å². The number of hydrogen-bond acceptors (Lipinski definition) is 0. The lowest BCUT2D eigenvalue weighted by atomic mass is 9.71. The molecule has 0 fully saturated rings. The second-order valence-electron chi connectivity index (χ2n) is 5.17. The van der Waals surface area contributed by atoms with Gasteiger partial charge in [0.15, 0.2) is 0 Å². The van der Waals surface area contributed by atoms with Crippen molar-refractivity contribution in [3.8, 4) is 0 Å². The quantitative estimate of drug-likeness (QED) is 0.537. The molecule has 1 aliphatic rings. The van der Waals surface area contributed by atoms with Gasteiger partial charge in [-0.3, -0.25) is 0 Å². The summed E-state index contributed by atoms with van der Waals surface area (Å²) in [6.45, 7) is 13.0. The van der Waals surface area contributed by atoms with E-state index in [1.807, 2.05) is 0 Å². The van der Waals surface area contributed by atoms with Crippen molar-refractivity contribution in [1.82, 2.24) is 0 Å². The Balaban J connectivity index is 2.86. The molecule has 1 atom stereocenters. The van der Waals surface area contributed by atoms with E-state index in [1.165, 1.54) is 5.57 Å². The minimum atomic E-state index is 0.363. The molecule has 0 aromatic rings. The lowest BCUT2D eigenvalue weighted by molar-refractivity contribution is 0.232. The number of halogens is 1. The Morgan fingerprint density at radius 3 is 2.23 bits per heavy atom. The zero-order valence-electron chi connectivity index (χ0n) is 9.08. The molecule has 1 rings (SSSR count). The molecular formula is C12H19Cl. The minimum Gasteiger partial charge on any atom is -0.0943 e. The molecule has 0 spiro atoms. The SMILES string of the molecule is C=C1CC(C(C)(C)C)CC(C)=C1Cl. The van der Waals surface area contributed by atoms with Crippen molar-refractivity contribution in [3.63, 3.8) is 0 Å². The molecule has 0 bridgehead atoms. The average Bonchev–Trinajstić information content (AvgIpc) is 1.97. The second kappa shape index (κ2) is 3.49. The molecular weight excluding hydrogens is 180 g/mol. The van der Waals surface area contributed by atoms with E-state index in [9.17, 15) is 0 Å². The first-order chi connectivity index (χ1) is 5.82. The highest BCUT2D eigenvalue weighted by Crippen LogP contribution is 2.42. The van der Waals surface area contributed by atoms with E-state index in [1.54, 1.807) is 0 Å². The standard InChI is InChI=1S/C12H19Cl/c1-8-6-10(12(3,4)5)7-9(2)11(8)13/h10H,1,6-7H2,2-5H3. The maximum Gasteiger partial charge on any atom is 0.0421 e. The molecule has 0 amide bonds. The fourth-order valence-corrected chi connectivity index (χ4v) is 1.99. The van der Waals surface area contributed by atoms with Gasteiger partial charge in [0.1, 0.15) is 0 Å². The highest BCUT2D eigenvalue weighted by molar-refractivity contribution is 6.32. The Hall–Kier alpha value is -0.230. The molecule has 0 aromatic carbocycles. The Morgan fingerprint density at radius 2 is 1.85 bits per heavy atom. The van der Waals surface area contributed by atoms with Gasteiger partial charge in [-0.15, -0.1) is 0 Å². The number of rotatable bonds is 0. The highest BCUT2D eigenvalue weighted by atomic mass is 35.5. The van der Waals surface area contributed by atoms with Crippen LogP contribution in [0.25, 0.3) is 0 Å². The van der Waals surface area contributed by atoms with Crippen LogP contribution in [0.4, 0.5) is 0 Å². The zero-order chi connectivity index (χ0) is 10.2. The van der Waals surface area contributed by atoms with Gasteiger partial charge in [-0.2, -0.15) is 0 Å². The third-order valence-electron chi connectivity index (χ3n) is 2.96. The van der Waals surface area contributed by atoms with E-state index >= 15 is 0 Å². The first-order valence-corrected chi connectivity index (χ1v) is 5.23. The second-order valence-corrected chi connectivity index (χ2v) is 5.55. The molecule has 1 heteroatoms. The summed E-state index contributed by atoms with van der Waals surface area (Å²) in [5, 5.41) is 0.917. The molecule has 74 valence electrons. The van der Waals surface area contributed by atoms with Crippen molar-refractivity contribution in [3.05, 3.63) is 22.8 Å². The van der Waals surface area contributed by atoms with E-state index in [4.69, 9.17) is 11.6 Å². The van der Waals surface area contributed by atoms with Crippen molar-refractivity contribution in [1.29, 1.82) is 0 Å². The molecule has 1 unspecified atom stereocenters. The Labute approximate surface area is 86.7 Å². The van der Waals surface area contributed by atoms with Crippen LogP contribution in [0, 0.1) is 11.3 Å². The fourth-order valence-electron chi connectivity index (χ4n) is 1.83. The Morgan fingerprint density at radius 1 is 1.31 bits per heavy atom. The fraction of sp³-hybridized carbons (Fsp3) is 0.667. The molecule has 0 saturated carbocycles. The van der Waals surface area contributed by atoms with Gasteiger partial charge in [0.2, 0.25) is 0 Å². The minimum absolute atomic E-state index is 0.363. The molecule has 0 aliphatic heterocycles. The summed E-state index contributed by atoms with van der Waals surface area (Å²) >= 11 is 6.11. The van der Waals surface area contributed by atoms with E-state index in [2.05, 4.69) is 34.3 Å². The molecule has 0 radical (unpaired) electrons. The van der Waals surface area contributed by atoms with Crippen molar-refractivity contribution in [2.75, 3.05) is 0 Å². The number of hydrogen-bond donors (Lipinski definition) is 0. The maximum atomic E-state index is 6.11. The molecule has 0 N–H and O–H groups in total. The number of allylic oxidation sites excluding steroid dienone is 3. The van der Waals surface area contributed by atoms with Crippen LogP contribution < -0.4 is 0 Å². The summed E-state index contributed by atoms with van der Waals surface area (Å²) < 4.78 is 0. The van der Waals surface area contributed by atoms with Crippen LogP contribution in [-0.2, 0) is 0 Å². The van der Waals surface area contributed by atoms with Gasteiger partial charge in [0.05, 0.1) is 0 Å². The van der Waals surface area contributed by atoms with Crippen LogP contribution in [0.1, 0.15) is 40.5 Å². The smallest absolute Gasteiger partial charge is 0.0421 e. The van der Waals surface area contributed by atoms with E-state index < -0.39 is 0 Å². The van der Waals surface area contributed by atoms with E-state index in [-0.39, 0.29) is 0 Å². The van der Waals surface area contributed by atoms with E-state index in [0.717, 1.165) is 23.4 Å². The normalized spacial score (nSPS) is 25.3. The topological polar surface area (TPSA) is 0 Å². The molecule has 0 saturated heterocycles. The van der Waals surface area contributed by atoms with Crippen molar-refractivity contribution in [2.24, 2.45) is 11.3 Å². The molecule has 0 aromatic heterocycles. The van der Waals surface area contributed by atoms with Crippen LogP contribution in [0.3, 0.4) is 0 Å².